The second-order valence-electron chi connectivity index (χ2n) is 6.77. The standard InChI is InChI=1S/C15H26N4/c1-10(2)12-9-13(19-16)18-14(17-12)11-5-7-15(3,4)8-6-11/h9-11H,5-8,16H2,1-4H3,(H,17,18,19). The lowest BCUT2D eigenvalue weighted by atomic mass is 9.73. The Morgan fingerprint density at radius 1 is 1.26 bits per heavy atom. The molecule has 3 N–H and O–H groups in total. The summed E-state index contributed by atoms with van der Waals surface area (Å²) >= 11 is 0. The highest BCUT2D eigenvalue weighted by molar-refractivity contribution is 5.36. The number of nitrogens with one attached hydrogen (secondary N) is 1. The molecule has 2 rings (SSSR count). The molecule has 1 fully saturated rings. The zero-order valence-electron chi connectivity index (χ0n) is 12.5. The summed E-state index contributed by atoms with van der Waals surface area (Å²) in [6.45, 7) is 9.00. The molecule has 0 atom stereocenters. The van der Waals surface area contributed by atoms with E-state index < -0.39 is 0 Å². The monoisotopic (exact) mass is 262 g/mol. The van der Waals surface area contributed by atoms with Crippen LogP contribution in [0.3, 0.4) is 0 Å². The largest absolute Gasteiger partial charge is 0.308 e. The highest BCUT2D eigenvalue weighted by atomic mass is 15.3. The molecule has 0 aromatic carbocycles. The molecule has 1 saturated carbocycles. The molecule has 1 aromatic heterocycles. The van der Waals surface area contributed by atoms with Crippen LogP contribution in [0.4, 0.5) is 5.82 Å². The van der Waals surface area contributed by atoms with E-state index in [9.17, 15) is 0 Å². The fourth-order valence-electron chi connectivity index (χ4n) is 2.70. The van der Waals surface area contributed by atoms with E-state index in [1.807, 2.05) is 6.07 Å². The van der Waals surface area contributed by atoms with Crippen LogP contribution in [0.1, 0.15) is 76.7 Å². The molecular formula is C15H26N4. The van der Waals surface area contributed by atoms with Gasteiger partial charge in [0.2, 0.25) is 0 Å². The number of nitrogens with two attached hydrogens (primary N) is 1. The van der Waals surface area contributed by atoms with Gasteiger partial charge >= 0.3 is 0 Å². The van der Waals surface area contributed by atoms with Gasteiger partial charge in [-0.2, -0.15) is 0 Å². The highest BCUT2D eigenvalue weighted by Crippen LogP contribution is 2.41. The van der Waals surface area contributed by atoms with Crippen LogP contribution >= 0.6 is 0 Å². The lowest BCUT2D eigenvalue weighted by Gasteiger charge is -2.33. The maximum Gasteiger partial charge on any atom is 0.143 e. The van der Waals surface area contributed by atoms with Gasteiger partial charge in [-0.3, -0.25) is 0 Å². The van der Waals surface area contributed by atoms with Crippen molar-refractivity contribution in [3.05, 3.63) is 17.6 Å². The van der Waals surface area contributed by atoms with E-state index >= 15 is 0 Å². The molecular weight excluding hydrogens is 236 g/mol. The summed E-state index contributed by atoms with van der Waals surface area (Å²) in [5, 5.41) is 0. The second-order valence-corrected chi connectivity index (χ2v) is 6.77. The number of anilines is 1. The summed E-state index contributed by atoms with van der Waals surface area (Å²) in [4.78, 5) is 9.30. The lowest BCUT2D eigenvalue weighted by molar-refractivity contribution is 0.220. The van der Waals surface area contributed by atoms with Crippen molar-refractivity contribution in [3.63, 3.8) is 0 Å². The SMILES string of the molecule is CC(C)c1cc(NN)nc(C2CCC(C)(C)CC2)n1. The Bertz CT molecular complexity index is 430. The third kappa shape index (κ3) is 3.44. The Labute approximate surface area is 116 Å². The molecule has 0 radical (unpaired) electrons. The summed E-state index contributed by atoms with van der Waals surface area (Å²) in [6, 6.07) is 1.95. The van der Waals surface area contributed by atoms with Gasteiger partial charge in [0.1, 0.15) is 11.6 Å². The Morgan fingerprint density at radius 2 is 1.89 bits per heavy atom. The number of hydrazine groups is 1. The Kier molecular flexibility index (Phi) is 4.09. The minimum atomic E-state index is 0.397. The Morgan fingerprint density at radius 3 is 2.42 bits per heavy atom. The topological polar surface area (TPSA) is 63.8 Å². The van der Waals surface area contributed by atoms with Crippen molar-refractivity contribution in [1.82, 2.24) is 9.97 Å². The molecule has 0 saturated heterocycles. The van der Waals surface area contributed by atoms with Gasteiger partial charge in [-0.15, -0.1) is 0 Å². The van der Waals surface area contributed by atoms with Crippen LogP contribution in [-0.4, -0.2) is 9.97 Å². The Hall–Kier alpha value is -1.16. The number of hydrogen-bond donors (Lipinski definition) is 2. The molecule has 4 heteroatoms. The number of aromatic nitrogens is 2. The van der Waals surface area contributed by atoms with Crippen molar-refractivity contribution in [2.45, 2.75) is 65.2 Å². The first-order chi connectivity index (χ1) is 8.91. The first kappa shape index (κ1) is 14.3. The van der Waals surface area contributed by atoms with Gasteiger partial charge in [0.15, 0.2) is 0 Å². The van der Waals surface area contributed by atoms with E-state index in [0.717, 1.165) is 17.3 Å². The zero-order valence-corrected chi connectivity index (χ0v) is 12.5. The van der Waals surface area contributed by atoms with E-state index in [1.165, 1.54) is 25.7 Å². The van der Waals surface area contributed by atoms with E-state index in [4.69, 9.17) is 10.8 Å². The van der Waals surface area contributed by atoms with Gasteiger partial charge in [-0.25, -0.2) is 15.8 Å². The molecule has 0 amide bonds. The quantitative estimate of drug-likeness (QED) is 0.645. The molecule has 4 nitrogen and oxygen atoms in total. The molecule has 1 heterocycles. The van der Waals surface area contributed by atoms with Crippen molar-refractivity contribution in [2.24, 2.45) is 11.3 Å². The third-order valence-electron chi connectivity index (χ3n) is 4.21. The fraction of sp³-hybridized carbons (Fsp3) is 0.733. The number of hydrogen-bond acceptors (Lipinski definition) is 4. The minimum absolute atomic E-state index is 0.397. The molecule has 0 bridgehead atoms. The van der Waals surface area contributed by atoms with E-state index in [0.29, 0.717) is 17.3 Å². The van der Waals surface area contributed by atoms with Crippen LogP contribution in [0.5, 0.6) is 0 Å². The molecule has 106 valence electrons. The third-order valence-corrected chi connectivity index (χ3v) is 4.21. The molecule has 19 heavy (non-hydrogen) atoms. The van der Waals surface area contributed by atoms with Crippen LogP contribution in [0.15, 0.2) is 6.07 Å². The molecule has 1 aliphatic rings. The van der Waals surface area contributed by atoms with Gasteiger partial charge in [0, 0.05) is 17.7 Å². The predicted octanol–water partition coefficient (Wildman–Crippen LogP) is 3.57. The average molecular weight is 262 g/mol. The summed E-state index contributed by atoms with van der Waals surface area (Å²) in [5.74, 6) is 8.10. The normalized spacial score (nSPS) is 19.7. The summed E-state index contributed by atoms with van der Waals surface area (Å²) in [7, 11) is 0. The van der Waals surface area contributed by atoms with Crippen molar-refractivity contribution in [1.29, 1.82) is 0 Å². The van der Waals surface area contributed by atoms with Crippen molar-refractivity contribution in [2.75, 3.05) is 5.43 Å². The van der Waals surface area contributed by atoms with Gasteiger partial charge in [0.25, 0.3) is 0 Å². The molecule has 0 spiro atoms. The Balaban J connectivity index is 2.22. The van der Waals surface area contributed by atoms with Gasteiger partial charge < -0.3 is 5.43 Å². The minimum Gasteiger partial charge on any atom is -0.308 e. The highest BCUT2D eigenvalue weighted by Gasteiger charge is 2.29. The molecule has 1 aromatic rings. The zero-order chi connectivity index (χ0) is 14.0. The summed E-state index contributed by atoms with van der Waals surface area (Å²) in [5.41, 5.74) is 4.21. The summed E-state index contributed by atoms with van der Waals surface area (Å²) < 4.78 is 0. The first-order valence-electron chi connectivity index (χ1n) is 7.27. The molecule has 1 aliphatic carbocycles. The maximum atomic E-state index is 5.52. The summed E-state index contributed by atoms with van der Waals surface area (Å²) in [6.07, 6.45) is 4.85. The number of nitrogens with zero attached hydrogens (tertiary/aromatic N) is 2. The average Bonchev–Trinajstić information content (AvgIpc) is 2.38. The fourth-order valence-corrected chi connectivity index (χ4v) is 2.70. The first-order valence-corrected chi connectivity index (χ1v) is 7.27. The van der Waals surface area contributed by atoms with Gasteiger partial charge in [-0.05, 0) is 37.0 Å². The van der Waals surface area contributed by atoms with E-state index in [2.05, 4.69) is 38.1 Å². The van der Waals surface area contributed by atoms with E-state index in [-0.39, 0.29) is 0 Å². The van der Waals surface area contributed by atoms with Gasteiger partial charge in [0.05, 0.1) is 0 Å². The molecule has 0 unspecified atom stereocenters. The van der Waals surface area contributed by atoms with E-state index in [1.54, 1.807) is 0 Å². The van der Waals surface area contributed by atoms with Crippen LogP contribution in [-0.2, 0) is 0 Å². The smallest absolute Gasteiger partial charge is 0.143 e. The molecule has 0 aliphatic heterocycles. The number of rotatable bonds is 3. The van der Waals surface area contributed by atoms with Crippen molar-refractivity contribution in [3.8, 4) is 0 Å². The number of nitrogen functional groups attached to an aromatic ring is 1. The van der Waals surface area contributed by atoms with Gasteiger partial charge in [-0.1, -0.05) is 27.7 Å². The maximum absolute atomic E-state index is 5.52. The van der Waals surface area contributed by atoms with Crippen LogP contribution in [0.2, 0.25) is 0 Å². The van der Waals surface area contributed by atoms with Crippen LogP contribution < -0.4 is 11.3 Å². The van der Waals surface area contributed by atoms with Crippen molar-refractivity contribution < 1.29 is 0 Å². The van der Waals surface area contributed by atoms with Crippen molar-refractivity contribution >= 4 is 5.82 Å². The lowest BCUT2D eigenvalue weighted by Crippen LogP contribution is -2.22. The second kappa shape index (κ2) is 5.45. The predicted molar refractivity (Wildman–Crippen MR) is 78.9 cm³/mol. The van der Waals surface area contributed by atoms with Crippen LogP contribution in [0.25, 0.3) is 0 Å². The van der Waals surface area contributed by atoms with Crippen LogP contribution in [0, 0.1) is 5.41 Å².